The van der Waals surface area contributed by atoms with E-state index >= 15 is 0 Å². The van der Waals surface area contributed by atoms with Gasteiger partial charge in [-0.15, -0.1) is 0 Å². The summed E-state index contributed by atoms with van der Waals surface area (Å²) in [5.74, 6) is 3.76. The Morgan fingerprint density at radius 1 is 1.15 bits per heavy atom. The molecule has 1 saturated heterocycles. The lowest BCUT2D eigenvalue weighted by Gasteiger charge is -2.27. The molecule has 1 fully saturated rings. The van der Waals surface area contributed by atoms with Crippen LogP contribution in [0.1, 0.15) is 42.8 Å². The fraction of sp³-hybridized carbons (Fsp3) is 0.579. The van der Waals surface area contributed by atoms with E-state index in [4.69, 9.17) is 4.98 Å². The molecule has 2 aromatic rings. The summed E-state index contributed by atoms with van der Waals surface area (Å²) in [5.41, 5.74) is 2.56. The quantitative estimate of drug-likeness (QED) is 0.855. The first-order valence-electron chi connectivity index (χ1n) is 9.61. The van der Waals surface area contributed by atoms with Gasteiger partial charge in [0.15, 0.2) is 0 Å². The monoisotopic (exact) mass is 353 g/mol. The minimum absolute atomic E-state index is 0.420. The highest BCUT2D eigenvalue weighted by Crippen LogP contribution is 2.28. The highest BCUT2D eigenvalue weighted by atomic mass is 15.3. The van der Waals surface area contributed by atoms with Crippen LogP contribution in [0.25, 0.3) is 0 Å². The van der Waals surface area contributed by atoms with Crippen LogP contribution in [-0.4, -0.2) is 46.1 Å². The molecule has 1 atom stereocenters. The Kier molecular flexibility index (Phi) is 4.86. The van der Waals surface area contributed by atoms with Gasteiger partial charge in [-0.2, -0.15) is 0 Å². The second kappa shape index (κ2) is 7.43. The van der Waals surface area contributed by atoms with E-state index in [1.54, 1.807) is 6.33 Å². The normalized spacial score (nSPS) is 19.3. The molecular formula is C19H27N7. The summed E-state index contributed by atoms with van der Waals surface area (Å²) in [6.45, 7) is 3.90. The summed E-state index contributed by atoms with van der Waals surface area (Å²) in [4.78, 5) is 20.4. The van der Waals surface area contributed by atoms with Crippen LogP contribution < -0.4 is 15.5 Å². The van der Waals surface area contributed by atoms with Crippen molar-refractivity contribution in [2.75, 3.05) is 35.7 Å². The molecule has 0 bridgehead atoms. The fourth-order valence-corrected chi connectivity index (χ4v) is 4.07. The number of hydrogen-bond donors (Lipinski definition) is 2. The molecule has 1 unspecified atom stereocenters. The summed E-state index contributed by atoms with van der Waals surface area (Å²) in [7, 11) is 1.88. The van der Waals surface area contributed by atoms with E-state index in [2.05, 4.69) is 30.5 Å². The molecule has 2 N–H and O–H groups in total. The number of hydrogen-bond acceptors (Lipinski definition) is 7. The Morgan fingerprint density at radius 2 is 2.04 bits per heavy atom. The lowest BCUT2D eigenvalue weighted by atomic mass is 9.96. The summed E-state index contributed by atoms with van der Waals surface area (Å²) < 4.78 is 0. The molecule has 7 heteroatoms. The number of fused-ring (bicyclic) bond motifs is 1. The van der Waals surface area contributed by atoms with Crippen molar-refractivity contribution in [2.24, 2.45) is 0 Å². The molecule has 1 aliphatic carbocycles. The van der Waals surface area contributed by atoms with Crippen molar-refractivity contribution in [1.82, 2.24) is 19.9 Å². The molecule has 3 heterocycles. The molecule has 1 aliphatic heterocycles. The van der Waals surface area contributed by atoms with Crippen molar-refractivity contribution in [3.63, 3.8) is 0 Å². The number of nitrogens with zero attached hydrogens (tertiary/aromatic N) is 5. The Hall–Kier alpha value is -2.44. The summed E-state index contributed by atoms with van der Waals surface area (Å²) >= 11 is 0. The molecular weight excluding hydrogens is 326 g/mol. The molecule has 2 aromatic heterocycles. The average Bonchev–Trinajstić information content (AvgIpc) is 3.14. The van der Waals surface area contributed by atoms with E-state index in [1.807, 2.05) is 20.0 Å². The van der Waals surface area contributed by atoms with E-state index in [-0.39, 0.29) is 0 Å². The van der Waals surface area contributed by atoms with E-state index in [1.165, 1.54) is 30.5 Å². The predicted molar refractivity (Wildman–Crippen MR) is 104 cm³/mol. The first-order valence-corrected chi connectivity index (χ1v) is 9.61. The highest BCUT2D eigenvalue weighted by molar-refractivity contribution is 5.51. The molecule has 0 saturated carbocycles. The maximum atomic E-state index is 4.70. The fourth-order valence-electron chi connectivity index (χ4n) is 4.07. The minimum atomic E-state index is 0.420. The number of aryl methyl sites for hydroxylation is 2. The van der Waals surface area contributed by atoms with Crippen LogP contribution in [0.2, 0.25) is 0 Å². The zero-order valence-electron chi connectivity index (χ0n) is 15.6. The lowest BCUT2D eigenvalue weighted by molar-refractivity contribution is 0.653. The van der Waals surface area contributed by atoms with Gasteiger partial charge in [0.2, 0.25) is 0 Å². The maximum absolute atomic E-state index is 4.70. The highest BCUT2D eigenvalue weighted by Gasteiger charge is 2.26. The van der Waals surface area contributed by atoms with Gasteiger partial charge < -0.3 is 15.5 Å². The van der Waals surface area contributed by atoms with E-state index in [9.17, 15) is 0 Å². The van der Waals surface area contributed by atoms with Crippen molar-refractivity contribution in [3.8, 4) is 0 Å². The molecule has 138 valence electrons. The van der Waals surface area contributed by atoms with Gasteiger partial charge in [-0.25, -0.2) is 19.9 Å². The van der Waals surface area contributed by atoms with E-state index in [0.29, 0.717) is 6.04 Å². The van der Waals surface area contributed by atoms with Crippen molar-refractivity contribution in [3.05, 3.63) is 29.5 Å². The SMILES string of the molecule is CNc1cc(N2CCCC2CNc2nc(C)nc3c2CCCC3)ncn1. The van der Waals surface area contributed by atoms with E-state index < -0.39 is 0 Å². The van der Waals surface area contributed by atoms with Crippen molar-refractivity contribution < 1.29 is 0 Å². The van der Waals surface area contributed by atoms with Gasteiger partial charge in [0.05, 0.1) is 0 Å². The molecule has 26 heavy (non-hydrogen) atoms. The Labute approximate surface area is 154 Å². The standard InChI is InChI=1S/C19H27N7/c1-13-24-16-8-4-3-7-15(16)19(25-13)21-11-14-6-5-9-26(14)18-10-17(20-2)22-12-23-18/h10,12,14H,3-9,11H2,1-2H3,(H,20,22,23)(H,21,24,25). The topological polar surface area (TPSA) is 78.9 Å². The van der Waals surface area contributed by atoms with Crippen molar-refractivity contribution >= 4 is 17.5 Å². The van der Waals surface area contributed by atoms with Crippen LogP contribution in [0.4, 0.5) is 17.5 Å². The Bertz CT molecular complexity index is 776. The molecule has 0 radical (unpaired) electrons. The van der Waals surface area contributed by atoms with Gasteiger partial charge in [0, 0.05) is 43.5 Å². The molecule has 4 rings (SSSR count). The Morgan fingerprint density at radius 3 is 2.92 bits per heavy atom. The Balaban J connectivity index is 1.50. The largest absolute Gasteiger partial charge is 0.373 e. The van der Waals surface area contributed by atoms with Gasteiger partial charge in [-0.1, -0.05) is 0 Å². The molecule has 2 aliphatic rings. The van der Waals surface area contributed by atoms with Crippen molar-refractivity contribution in [1.29, 1.82) is 0 Å². The van der Waals surface area contributed by atoms with E-state index in [0.717, 1.165) is 55.6 Å². The molecule has 0 spiro atoms. The van der Waals surface area contributed by atoms with Crippen LogP contribution in [0.15, 0.2) is 12.4 Å². The van der Waals surface area contributed by atoms with Gasteiger partial charge in [-0.05, 0) is 45.4 Å². The molecule has 0 amide bonds. The average molecular weight is 353 g/mol. The lowest BCUT2D eigenvalue weighted by Crippen LogP contribution is -2.36. The second-order valence-electron chi connectivity index (χ2n) is 7.13. The van der Waals surface area contributed by atoms with Gasteiger partial charge in [0.1, 0.15) is 29.6 Å². The molecule has 7 nitrogen and oxygen atoms in total. The zero-order valence-corrected chi connectivity index (χ0v) is 15.6. The third-order valence-electron chi connectivity index (χ3n) is 5.38. The van der Waals surface area contributed by atoms with Crippen molar-refractivity contribution in [2.45, 2.75) is 51.5 Å². The smallest absolute Gasteiger partial charge is 0.134 e. The number of nitrogens with one attached hydrogen (secondary N) is 2. The number of rotatable bonds is 5. The van der Waals surface area contributed by atoms with Crippen LogP contribution in [0.5, 0.6) is 0 Å². The summed E-state index contributed by atoms with van der Waals surface area (Å²) in [5, 5.41) is 6.73. The summed E-state index contributed by atoms with van der Waals surface area (Å²) in [6.07, 6.45) is 8.62. The second-order valence-corrected chi connectivity index (χ2v) is 7.13. The zero-order chi connectivity index (χ0) is 17.9. The van der Waals surface area contributed by atoms with Gasteiger partial charge in [-0.3, -0.25) is 0 Å². The number of aromatic nitrogens is 4. The first kappa shape index (κ1) is 17.0. The van der Waals surface area contributed by atoms with Crippen LogP contribution in [0.3, 0.4) is 0 Å². The first-order chi connectivity index (χ1) is 12.7. The predicted octanol–water partition coefficient (Wildman–Crippen LogP) is 2.58. The third kappa shape index (κ3) is 3.43. The third-order valence-corrected chi connectivity index (χ3v) is 5.38. The maximum Gasteiger partial charge on any atom is 0.134 e. The summed E-state index contributed by atoms with van der Waals surface area (Å²) in [6, 6.07) is 2.44. The minimum Gasteiger partial charge on any atom is -0.373 e. The van der Waals surface area contributed by atoms with Crippen LogP contribution in [0, 0.1) is 6.92 Å². The van der Waals surface area contributed by atoms with Crippen LogP contribution >= 0.6 is 0 Å². The number of anilines is 3. The molecule has 0 aromatic carbocycles. The van der Waals surface area contributed by atoms with Gasteiger partial charge in [0.25, 0.3) is 0 Å². The van der Waals surface area contributed by atoms with Gasteiger partial charge >= 0.3 is 0 Å². The van der Waals surface area contributed by atoms with Crippen LogP contribution in [-0.2, 0) is 12.8 Å².